The number of rotatable bonds is 2. The van der Waals surface area contributed by atoms with Crippen molar-refractivity contribution in [1.82, 2.24) is 9.80 Å². The Hall–Kier alpha value is -2.84. The minimum atomic E-state index is -0.245. The fourth-order valence-corrected chi connectivity index (χ4v) is 3.74. The highest BCUT2D eigenvalue weighted by Crippen LogP contribution is 2.25. The van der Waals surface area contributed by atoms with Gasteiger partial charge >= 0.3 is 6.09 Å². The molecule has 2 bridgehead atoms. The summed E-state index contributed by atoms with van der Waals surface area (Å²) < 4.78 is 5.61. The molecule has 0 aliphatic carbocycles. The molecule has 3 heterocycles. The van der Waals surface area contributed by atoms with E-state index in [1.807, 2.05) is 41.3 Å². The Kier molecular flexibility index (Phi) is 4.59. The van der Waals surface area contributed by atoms with Crippen LogP contribution in [-0.2, 0) is 0 Å². The number of benzene rings is 2. The molecule has 3 fully saturated rings. The first-order valence-electron chi connectivity index (χ1n) is 9.04. The van der Waals surface area contributed by atoms with Crippen molar-refractivity contribution in [2.45, 2.75) is 18.9 Å². The van der Waals surface area contributed by atoms with Crippen molar-refractivity contribution in [3.8, 4) is 22.9 Å². The van der Waals surface area contributed by atoms with Gasteiger partial charge in [0.2, 0.25) is 0 Å². The van der Waals surface area contributed by atoms with E-state index in [0.29, 0.717) is 17.4 Å². The molecule has 2 aromatic carbocycles. The van der Waals surface area contributed by atoms with Crippen molar-refractivity contribution in [1.29, 1.82) is 5.26 Å². The van der Waals surface area contributed by atoms with Crippen molar-refractivity contribution in [3.05, 3.63) is 54.1 Å². The smallest absolute Gasteiger partial charge is 0.410 e. The van der Waals surface area contributed by atoms with Gasteiger partial charge in [-0.25, -0.2) is 4.79 Å². The van der Waals surface area contributed by atoms with Gasteiger partial charge in [-0.05, 0) is 48.2 Å². The molecule has 0 unspecified atom stereocenters. The van der Waals surface area contributed by atoms with Crippen molar-refractivity contribution >= 4 is 6.09 Å². The third-order valence-electron chi connectivity index (χ3n) is 5.30. The van der Waals surface area contributed by atoms with E-state index < -0.39 is 0 Å². The fraction of sp³-hybridized carbons (Fsp3) is 0.333. The monoisotopic (exact) mass is 347 g/mol. The van der Waals surface area contributed by atoms with Crippen LogP contribution in [0.15, 0.2) is 48.5 Å². The number of ether oxygens (including phenoxy) is 1. The molecule has 3 aliphatic heterocycles. The van der Waals surface area contributed by atoms with Crippen LogP contribution in [0.5, 0.6) is 5.75 Å². The van der Waals surface area contributed by atoms with E-state index in [9.17, 15) is 4.79 Å². The number of carbonyl (C=O) groups excluding carboxylic acids is 1. The quantitative estimate of drug-likeness (QED) is 0.834. The van der Waals surface area contributed by atoms with Crippen LogP contribution in [0.3, 0.4) is 0 Å². The summed E-state index contributed by atoms with van der Waals surface area (Å²) >= 11 is 0. The van der Waals surface area contributed by atoms with E-state index in [-0.39, 0.29) is 6.09 Å². The highest BCUT2D eigenvalue weighted by Gasteiger charge is 2.32. The molecule has 1 amide bonds. The molecule has 3 saturated heterocycles. The largest absolute Gasteiger partial charge is 0.415 e. The second kappa shape index (κ2) is 7.19. The number of hydrogen-bond donors (Lipinski definition) is 0. The van der Waals surface area contributed by atoms with Crippen LogP contribution in [-0.4, -0.2) is 48.1 Å². The SMILES string of the molecule is N#Cc1ccc(-c2ccc(OC(=O)N3CCN4CCC3CC4)cc2)cc1. The molecule has 0 N–H and O–H groups in total. The average molecular weight is 347 g/mol. The Balaban J connectivity index is 1.43. The second-order valence-corrected chi connectivity index (χ2v) is 6.85. The molecular formula is C21H21N3O2. The lowest BCUT2D eigenvalue weighted by Crippen LogP contribution is -2.43. The van der Waals surface area contributed by atoms with Crippen molar-refractivity contribution < 1.29 is 9.53 Å². The zero-order valence-corrected chi connectivity index (χ0v) is 14.6. The van der Waals surface area contributed by atoms with Crippen LogP contribution in [0.1, 0.15) is 18.4 Å². The van der Waals surface area contributed by atoms with Gasteiger partial charge in [0.25, 0.3) is 0 Å². The Morgan fingerprint density at radius 2 is 1.54 bits per heavy atom. The number of fused-ring (bicyclic) bond motifs is 4. The molecule has 2 aromatic rings. The number of carbonyl (C=O) groups is 1. The van der Waals surface area contributed by atoms with Crippen LogP contribution in [0.2, 0.25) is 0 Å². The van der Waals surface area contributed by atoms with Crippen molar-refractivity contribution in [3.63, 3.8) is 0 Å². The molecule has 0 radical (unpaired) electrons. The molecule has 26 heavy (non-hydrogen) atoms. The molecule has 3 aliphatic rings. The summed E-state index contributed by atoms with van der Waals surface area (Å²) in [6.07, 6.45) is 1.82. The first-order valence-corrected chi connectivity index (χ1v) is 9.04. The van der Waals surface area contributed by atoms with E-state index in [0.717, 1.165) is 50.1 Å². The molecule has 5 nitrogen and oxygen atoms in total. The maximum atomic E-state index is 12.6. The maximum Gasteiger partial charge on any atom is 0.415 e. The number of hydrogen-bond acceptors (Lipinski definition) is 4. The molecule has 5 heteroatoms. The number of nitriles is 1. The summed E-state index contributed by atoms with van der Waals surface area (Å²) in [5.41, 5.74) is 2.69. The minimum absolute atomic E-state index is 0.245. The molecule has 0 aromatic heterocycles. The molecular weight excluding hydrogens is 326 g/mol. The van der Waals surface area contributed by atoms with Crippen LogP contribution in [0.4, 0.5) is 4.79 Å². The van der Waals surface area contributed by atoms with Gasteiger partial charge in [0.05, 0.1) is 11.6 Å². The highest BCUT2D eigenvalue weighted by molar-refractivity contribution is 5.72. The number of nitrogens with zero attached hydrogens (tertiary/aromatic N) is 3. The number of amides is 1. The van der Waals surface area contributed by atoms with Crippen molar-refractivity contribution in [2.24, 2.45) is 0 Å². The van der Waals surface area contributed by atoms with E-state index in [1.54, 1.807) is 12.1 Å². The van der Waals surface area contributed by atoms with Gasteiger partial charge in [0.1, 0.15) is 5.75 Å². The zero-order valence-electron chi connectivity index (χ0n) is 14.6. The van der Waals surface area contributed by atoms with Gasteiger partial charge < -0.3 is 14.5 Å². The first-order chi connectivity index (χ1) is 12.7. The summed E-state index contributed by atoms with van der Waals surface area (Å²) in [5.74, 6) is 0.562. The van der Waals surface area contributed by atoms with Crippen LogP contribution in [0.25, 0.3) is 11.1 Å². The van der Waals surface area contributed by atoms with Gasteiger partial charge in [-0.15, -0.1) is 0 Å². The minimum Gasteiger partial charge on any atom is -0.410 e. The van der Waals surface area contributed by atoms with E-state index in [1.165, 1.54) is 0 Å². The van der Waals surface area contributed by atoms with E-state index in [4.69, 9.17) is 10.00 Å². The summed E-state index contributed by atoms with van der Waals surface area (Å²) in [7, 11) is 0. The van der Waals surface area contributed by atoms with Gasteiger partial charge in [0.15, 0.2) is 0 Å². The summed E-state index contributed by atoms with van der Waals surface area (Å²) in [6.45, 7) is 3.83. The third-order valence-corrected chi connectivity index (χ3v) is 5.30. The lowest BCUT2D eigenvalue weighted by Gasteiger charge is -2.30. The average Bonchev–Trinajstić information content (AvgIpc) is 3.03. The fourth-order valence-electron chi connectivity index (χ4n) is 3.74. The van der Waals surface area contributed by atoms with Crippen LogP contribution in [0, 0.1) is 11.3 Å². The predicted molar refractivity (Wildman–Crippen MR) is 98.8 cm³/mol. The Morgan fingerprint density at radius 1 is 0.923 bits per heavy atom. The highest BCUT2D eigenvalue weighted by atomic mass is 16.6. The summed E-state index contributed by atoms with van der Waals surface area (Å²) in [4.78, 5) is 16.9. The Bertz CT molecular complexity index is 816. The predicted octanol–water partition coefficient (Wildman–Crippen LogP) is 3.50. The number of piperidine rings is 1. The van der Waals surface area contributed by atoms with Crippen LogP contribution < -0.4 is 4.74 Å². The molecule has 0 atom stereocenters. The topological polar surface area (TPSA) is 56.6 Å². The molecule has 0 spiro atoms. The second-order valence-electron chi connectivity index (χ2n) is 6.85. The van der Waals surface area contributed by atoms with Gasteiger partial charge in [-0.3, -0.25) is 0 Å². The van der Waals surface area contributed by atoms with E-state index in [2.05, 4.69) is 11.0 Å². The molecule has 0 saturated carbocycles. The maximum absolute atomic E-state index is 12.6. The lowest BCUT2D eigenvalue weighted by atomic mass is 10.0. The zero-order chi connectivity index (χ0) is 17.9. The van der Waals surface area contributed by atoms with E-state index >= 15 is 0 Å². The van der Waals surface area contributed by atoms with Crippen molar-refractivity contribution in [2.75, 3.05) is 26.2 Å². The van der Waals surface area contributed by atoms with Crippen LogP contribution >= 0.6 is 0 Å². The molecule has 5 rings (SSSR count). The lowest BCUT2D eigenvalue weighted by molar-refractivity contribution is 0.131. The third kappa shape index (κ3) is 3.42. The molecule has 132 valence electrons. The summed E-state index contributed by atoms with van der Waals surface area (Å²) in [5, 5.41) is 8.88. The van der Waals surface area contributed by atoms with Gasteiger partial charge in [0, 0.05) is 32.2 Å². The summed E-state index contributed by atoms with van der Waals surface area (Å²) in [6, 6.07) is 17.4. The Labute approximate surface area is 153 Å². The van der Waals surface area contributed by atoms with Gasteiger partial charge in [-0.2, -0.15) is 5.26 Å². The first kappa shape index (κ1) is 16.6. The van der Waals surface area contributed by atoms with Gasteiger partial charge in [-0.1, -0.05) is 24.3 Å². The Morgan fingerprint density at radius 3 is 2.15 bits per heavy atom. The normalized spacial score (nSPS) is 21.7. The standard InChI is InChI=1S/C21H21N3O2/c22-15-16-1-3-17(4-2-16)18-5-7-20(8-6-18)26-21(25)24-14-13-23-11-9-19(24)10-12-23/h1-8,19H,9-14H2.